The molecule has 134 valence electrons. The van der Waals surface area contributed by atoms with Crippen LogP contribution in [0.5, 0.6) is 5.75 Å². The van der Waals surface area contributed by atoms with Crippen molar-refractivity contribution < 1.29 is 13.5 Å². The zero-order valence-electron chi connectivity index (χ0n) is 14.4. The molecule has 0 saturated carbocycles. The maximum atomic E-state index is 12.3. The van der Waals surface area contributed by atoms with E-state index in [0.29, 0.717) is 18.4 Å². The minimum Gasteiger partial charge on any atom is -0.435 e. The Morgan fingerprint density at radius 1 is 1.08 bits per heavy atom. The minimum atomic E-state index is -2.82. The fourth-order valence-electron chi connectivity index (χ4n) is 2.39. The van der Waals surface area contributed by atoms with Crippen LogP contribution < -0.4 is 15.4 Å². The summed E-state index contributed by atoms with van der Waals surface area (Å²) in [4.78, 5) is 4.18. The number of nitrogens with one attached hydrogen (secondary N) is 2. The summed E-state index contributed by atoms with van der Waals surface area (Å²) in [5, 5.41) is 6.44. The van der Waals surface area contributed by atoms with Gasteiger partial charge in [-0.3, -0.25) is 4.99 Å². The van der Waals surface area contributed by atoms with Crippen molar-refractivity contribution in [2.45, 2.75) is 26.0 Å². The van der Waals surface area contributed by atoms with Crippen LogP contribution in [0, 0.1) is 0 Å². The summed E-state index contributed by atoms with van der Waals surface area (Å²) in [7, 11) is 1.69. The van der Waals surface area contributed by atoms with Crippen molar-refractivity contribution in [3.05, 3.63) is 65.7 Å². The molecule has 0 aliphatic heterocycles. The van der Waals surface area contributed by atoms with E-state index >= 15 is 0 Å². The third-order valence-electron chi connectivity index (χ3n) is 3.75. The molecule has 0 heterocycles. The van der Waals surface area contributed by atoms with E-state index in [1.54, 1.807) is 19.2 Å². The van der Waals surface area contributed by atoms with Gasteiger partial charge in [-0.15, -0.1) is 0 Å². The molecule has 6 heteroatoms. The van der Waals surface area contributed by atoms with Crippen LogP contribution in [-0.4, -0.2) is 26.2 Å². The molecule has 2 aromatic rings. The molecule has 25 heavy (non-hydrogen) atoms. The summed E-state index contributed by atoms with van der Waals surface area (Å²) in [5.74, 6) is 1.14. The first-order valence-electron chi connectivity index (χ1n) is 8.11. The molecule has 0 aliphatic rings. The van der Waals surface area contributed by atoms with Crippen molar-refractivity contribution in [3.63, 3.8) is 0 Å². The van der Waals surface area contributed by atoms with Crippen molar-refractivity contribution in [1.29, 1.82) is 0 Å². The van der Waals surface area contributed by atoms with Gasteiger partial charge in [-0.05, 0) is 29.2 Å². The van der Waals surface area contributed by atoms with Crippen molar-refractivity contribution in [2.24, 2.45) is 4.99 Å². The van der Waals surface area contributed by atoms with E-state index in [9.17, 15) is 8.78 Å². The molecule has 2 aromatic carbocycles. The molecule has 2 rings (SSSR count). The lowest BCUT2D eigenvalue weighted by Gasteiger charge is -2.16. The highest BCUT2D eigenvalue weighted by atomic mass is 19.3. The van der Waals surface area contributed by atoms with Gasteiger partial charge in [0.25, 0.3) is 0 Å². The first kappa shape index (κ1) is 18.7. The van der Waals surface area contributed by atoms with Crippen LogP contribution in [0.3, 0.4) is 0 Å². The topological polar surface area (TPSA) is 45.7 Å². The predicted molar refractivity (Wildman–Crippen MR) is 96.1 cm³/mol. The summed E-state index contributed by atoms with van der Waals surface area (Å²) in [6.45, 7) is 0.510. The lowest BCUT2D eigenvalue weighted by Crippen LogP contribution is -2.38. The molecule has 0 radical (unpaired) electrons. The molecule has 0 saturated heterocycles. The summed E-state index contributed by atoms with van der Waals surface area (Å²) in [5.41, 5.74) is 2.08. The van der Waals surface area contributed by atoms with Gasteiger partial charge in [0, 0.05) is 20.1 Å². The highest BCUT2D eigenvalue weighted by molar-refractivity contribution is 5.79. The second-order valence-corrected chi connectivity index (χ2v) is 5.64. The van der Waals surface area contributed by atoms with Gasteiger partial charge < -0.3 is 15.4 Å². The number of rotatable bonds is 7. The number of ether oxygens (including phenoxy) is 1. The first-order chi connectivity index (χ1) is 12.1. The second-order valence-electron chi connectivity index (χ2n) is 5.64. The van der Waals surface area contributed by atoms with Crippen LogP contribution in [0.4, 0.5) is 8.78 Å². The van der Waals surface area contributed by atoms with Gasteiger partial charge in [0.2, 0.25) is 0 Å². The van der Waals surface area contributed by atoms with E-state index in [0.717, 1.165) is 12.1 Å². The molecule has 1 atom stereocenters. The summed E-state index contributed by atoms with van der Waals surface area (Å²) >= 11 is 0. The number of benzene rings is 2. The Balaban J connectivity index is 1.84. The van der Waals surface area contributed by atoms with Gasteiger partial charge in [0.05, 0.1) is 0 Å². The van der Waals surface area contributed by atoms with Crippen LogP contribution in [0.15, 0.2) is 59.6 Å². The average Bonchev–Trinajstić information content (AvgIpc) is 2.62. The average molecular weight is 347 g/mol. The van der Waals surface area contributed by atoms with Crippen LogP contribution >= 0.6 is 0 Å². The van der Waals surface area contributed by atoms with E-state index < -0.39 is 6.61 Å². The molecule has 1 unspecified atom stereocenters. The fourth-order valence-corrected chi connectivity index (χ4v) is 2.39. The largest absolute Gasteiger partial charge is 0.435 e. The van der Waals surface area contributed by atoms with Gasteiger partial charge in [-0.1, -0.05) is 49.4 Å². The SMILES string of the molecule is CN=C(NCc1cccc(OC(F)F)c1)NCC(C)c1ccccc1. The van der Waals surface area contributed by atoms with Gasteiger partial charge in [-0.2, -0.15) is 8.78 Å². The van der Waals surface area contributed by atoms with Gasteiger partial charge in [0.15, 0.2) is 5.96 Å². The number of halogens is 2. The molecule has 0 fully saturated rings. The second kappa shape index (κ2) is 9.61. The number of hydrogen-bond donors (Lipinski definition) is 2. The standard InChI is InChI=1S/C19H23F2N3O/c1-14(16-8-4-3-5-9-16)12-23-19(22-2)24-13-15-7-6-10-17(11-15)25-18(20)21/h3-11,14,18H,12-13H2,1-2H3,(H2,22,23,24). The van der Waals surface area contributed by atoms with E-state index in [1.807, 2.05) is 24.3 Å². The van der Waals surface area contributed by atoms with E-state index in [4.69, 9.17) is 0 Å². The zero-order valence-corrected chi connectivity index (χ0v) is 14.4. The Morgan fingerprint density at radius 2 is 1.84 bits per heavy atom. The highest BCUT2D eigenvalue weighted by Gasteiger charge is 2.07. The quantitative estimate of drug-likeness (QED) is 0.592. The molecule has 0 bridgehead atoms. The molecule has 0 amide bonds. The van der Waals surface area contributed by atoms with Crippen LogP contribution in [-0.2, 0) is 6.54 Å². The van der Waals surface area contributed by atoms with E-state index in [2.05, 4.69) is 39.4 Å². The maximum Gasteiger partial charge on any atom is 0.387 e. The highest BCUT2D eigenvalue weighted by Crippen LogP contribution is 2.16. The van der Waals surface area contributed by atoms with Crippen molar-refractivity contribution in [2.75, 3.05) is 13.6 Å². The van der Waals surface area contributed by atoms with E-state index in [-0.39, 0.29) is 5.75 Å². The van der Waals surface area contributed by atoms with Crippen LogP contribution in [0.25, 0.3) is 0 Å². The molecule has 0 spiro atoms. The minimum absolute atomic E-state index is 0.148. The number of hydrogen-bond acceptors (Lipinski definition) is 2. The predicted octanol–water partition coefficient (Wildman–Crippen LogP) is 3.76. The van der Waals surface area contributed by atoms with Crippen molar-refractivity contribution >= 4 is 5.96 Å². The summed E-state index contributed by atoms with van der Waals surface area (Å²) in [6, 6.07) is 16.8. The summed E-state index contributed by atoms with van der Waals surface area (Å²) in [6.07, 6.45) is 0. The van der Waals surface area contributed by atoms with Crippen LogP contribution in [0.1, 0.15) is 24.0 Å². The van der Waals surface area contributed by atoms with Gasteiger partial charge in [-0.25, -0.2) is 0 Å². The Bertz CT molecular complexity index is 677. The molecule has 2 N–H and O–H groups in total. The van der Waals surface area contributed by atoms with Gasteiger partial charge >= 0.3 is 6.61 Å². The van der Waals surface area contributed by atoms with Crippen molar-refractivity contribution in [1.82, 2.24) is 10.6 Å². The number of guanidine groups is 1. The third-order valence-corrected chi connectivity index (χ3v) is 3.75. The molecular weight excluding hydrogens is 324 g/mol. The normalized spacial score (nSPS) is 12.8. The third kappa shape index (κ3) is 6.41. The molecular formula is C19H23F2N3O. The molecule has 0 aromatic heterocycles. The van der Waals surface area contributed by atoms with E-state index in [1.165, 1.54) is 11.6 Å². The molecule has 4 nitrogen and oxygen atoms in total. The summed E-state index contributed by atoms with van der Waals surface area (Å²) < 4.78 is 28.9. The Kier molecular flexibility index (Phi) is 7.19. The monoisotopic (exact) mass is 347 g/mol. The first-order valence-corrected chi connectivity index (χ1v) is 8.11. The Morgan fingerprint density at radius 3 is 2.52 bits per heavy atom. The number of alkyl halides is 2. The number of aliphatic imine (C=N–C) groups is 1. The smallest absolute Gasteiger partial charge is 0.387 e. The lowest BCUT2D eigenvalue weighted by molar-refractivity contribution is -0.0498. The Hall–Kier alpha value is -2.63. The molecule has 0 aliphatic carbocycles. The van der Waals surface area contributed by atoms with Crippen molar-refractivity contribution in [3.8, 4) is 5.75 Å². The fraction of sp³-hybridized carbons (Fsp3) is 0.316. The lowest BCUT2D eigenvalue weighted by atomic mass is 10.0. The number of nitrogens with zero attached hydrogens (tertiary/aromatic N) is 1. The van der Waals surface area contributed by atoms with Gasteiger partial charge in [0.1, 0.15) is 5.75 Å². The Labute approximate surface area is 146 Å². The van der Waals surface area contributed by atoms with Crippen LogP contribution in [0.2, 0.25) is 0 Å². The zero-order chi connectivity index (χ0) is 18.1. The maximum absolute atomic E-state index is 12.3.